The lowest BCUT2D eigenvalue weighted by Crippen LogP contribution is -2.61. The smallest absolute Gasteiger partial charge is 0.306 e. The SMILES string of the molecule is CC/C=C\C/C=C\C/C=C\C/C=C\C/C=C\C/C=C\CCCOCC(COC1OC(COC2OC(CO)C(O)C(O)C2O)C(O)C(O)C1O)OC(=O)CCCCCCCCCCC/C=C\C/C=C\C/C=C\C/C=C\C/C=C\CC. The third kappa shape index (κ3) is 36.3. The first kappa shape index (κ1) is 71.2. The minimum atomic E-state index is -1.73. The maximum absolute atomic E-state index is 13.1. The topological polar surface area (TPSA) is 214 Å². The average Bonchev–Trinajstić information content (AvgIpc) is 3.46. The van der Waals surface area contributed by atoms with Gasteiger partial charge in [-0.2, -0.15) is 0 Å². The van der Waals surface area contributed by atoms with Gasteiger partial charge in [-0.15, -0.1) is 0 Å². The second kappa shape index (κ2) is 49.9. The standard InChI is InChI=1S/C65H104O14/c1-3-5-7-9-11-13-15-17-19-21-23-25-26-27-28-29-30-32-34-36-38-40-42-44-46-48-57(67)77-54(51-74-49-47-45-43-41-39-37-35-33-31-24-22-20-18-16-14-12-10-8-6-4-2)52-75-64-63(73)61(71)59(69)56(79-64)53-76-65-62(72)60(70)58(68)55(50-66)78-65/h5-8,11-14,17-20,23-25,27-28,31,35,37,41,43,54-56,58-66,68-73H,3-4,9-10,15-16,21-22,26,29-30,32-34,36,38-40,42,44-53H2,1-2H3/b7-5-,8-6-,13-11-,14-12-,19-17-,20-18-,25-23-,28-27-,31-24-,37-35-,43-41-. The van der Waals surface area contributed by atoms with E-state index in [0.717, 1.165) is 109 Å². The highest BCUT2D eigenvalue weighted by molar-refractivity contribution is 5.69. The van der Waals surface area contributed by atoms with Crippen molar-refractivity contribution in [3.05, 3.63) is 134 Å². The summed E-state index contributed by atoms with van der Waals surface area (Å²) in [6.07, 6.45) is 55.2. The van der Waals surface area contributed by atoms with Gasteiger partial charge in [0.05, 0.1) is 26.4 Å². The van der Waals surface area contributed by atoms with Crippen molar-refractivity contribution in [2.75, 3.05) is 33.0 Å². The molecule has 0 amide bonds. The van der Waals surface area contributed by atoms with Gasteiger partial charge in [-0.05, 0) is 103 Å². The monoisotopic (exact) mass is 1110 g/mol. The Labute approximate surface area is 475 Å². The van der Waals surface area contributed by atoms with E-state index in [2.05, 4.69) is 148 Å². The van der Waals surface area contributed by atoms with Crippen molar-refractivity contribution < 1.29 is 69.0 Å². The van der Waals surface area contributed by atoms with E-state index in [1.165, 1.54) is 32.1 Å². The van der Waals surface area contributed by atoms with E-state index < -0.39 is 86.7 Å². The third-order valence-corrected chi connectivity index (χ3v) is 13.2. The zero-order valence-electron chi connectivity index (χ0n) is 48.0. The molecule has 2 aliphatic heterocycles. The van der Waals surface area contributed by atoms with Crippen molar-refractivity contribution in [3.63, 3.8) is 0 Å². The highest BCUT2D eigenvalue weighted by Gasteiger charge is 2.47. The van der Waals surface area contributed by atoms with Crippen molar-refractivity contribution in [3.8, 4) is 0 Å². The molecule has 2 saturated heterocycles. The Morgan fingerprint density at radius 2 is 0.785 bits per heavy atom. The van der Waals surface area contributed by atoms with Crippen LogP contribution in [0.5, 0.6) is 0 Å². The Balaban J connectivity index is 1.74. The lowest BCUT2D eigenvalue weighted by molar-refractivity contribution is -0.332. The Morgan fingerprint density at radius 3 is 1.23 bits per heavy atom. The van der Waals surface area contributed by atoms with Crippen LogP contribution in [0.4, 0.5) is 0 Å². The molecule has 2 aliphatic rings. The van der Waals surface area contributed by atoms with Gasteiger partial charge in [-0.1, -0.05) is 192 Å². The van der Waals surface area contributed by atoms with E-state index in [0.29, 0.717) is 13.0 Å². The van der Waals surface area contributed by atoms with E-state index in [-0.39, 0.29) is 19.6 Å². The molecule has 0 saturated carbocycles. The zero-order valence-corrected chi connectivity index (χ0v) is 48.0. The van der Waals surface area contributed by atoms with Crippen molar-refractivity contribution in [1.82, 2.24) is 0 Å². The molecule has 11 unspecified atom stereocenters. The second-order valence-corrected chi connectivity index (χ2v) is 20.1. The molecule has 14 nitrogen and oxygen atoms in total. The molecular formula is C65H104O14. The number of carbonyl (C=O) groups excluding carboxylic acids is 1. The fourth-order valence-corrected chi connectivity index (χ4v) is 8.45. The molecule has 0 aromatic rings. The van der Waals surface area contributed by atoms with Crippen molar-refractivity contribution in [1.29, 1.82) is 0 Å². The van der Waals surface area contributed by atoms with Crippen LogP contribution in [0, 0.1) is 0 Å². The number of unbranched alkanes of at least 4 members (excludes halogenated alkanes) is 10. The third-order valence-electron chi connectivity index (χ3n) is 13.2. The predicted octanol–water partition coefficient (Wildman–Crippen LogP) is 11.1. The van der Waals surface area contributed by atoms with Crippen LogP contribution < -0.4 is 0 Å². The summed E-state index contributed by atoms with van der Waals surface area (Å²) in [5.41, 5.74) is 0. The number of rotatable bonds is 46. The van der Waals surface area contributed by atoms with Crippen LogP contribution in [-0.2, 0) is 33.2 Å². The summed E-state index contributed by atoms with van der Waals surface area (Å²) in [5.74, 6) is -0.408. The number of aliphatic hydroxyl groups excluding tert-OH is 7. The fraction of sp³-hybridized carbons (Fsp3) is 0.646. The molecule has 0 aromatic heterocycles. The molecule has 2 rings (SSSR count). The van der Waals surface area contributed by atoms with Gasteiger partial charge >= 0.3 is 5.97 Å². The van der Waals surface area contributed by atoms with E-state index >= 15 is 0 Å². The van der Waals surface area contributed by atoms with Crippen LogP contribution in [0.1, 0.15) is 168 Å². The first-order valence-electron chi connectivity index (χ1n) is 29.8. The lowest BCUT2D eigenvalue weighted by Gasteiger charge is -2.42. The summed E-state index contributed by atoms with van der Waals surface area (Å²) in [5, 5.41) is 72.4. The van der Waals surface area contributed by atoms with Crippen molar-refractivity contribution in [2.24, 2.45) is 0 Å². The Kier molecular flexibility index (Phi) is 45.0. The summed E-state index contributed by atoms with van der Waals surface area (Å²) < 4.78 is 34.3. The van der Waals surface area contributed by atoms with Crippen molar-refractivity contribution >= 4 is 5.97 Å². The van der Waals surface area contributed by atoms with Crippen molar-refractivity contribution in [2.45, 2.75) is 235 Å². The molecule has 7 N–H and O–H groups in total. The number of aliphatic hydroxyl groups is 7. The molecule has 0 spiro atoms. The molecule has 11 atom stereocenters. The Bertz CT molecular complexity index is 1810. The van der Waals surface area contributed by atoms with Crippen LogP contribution in [0.25, 0.3) is 0 Å². The molecule has 79 heavy (non-hydrogen) atoms. The minimum Gasteiger partial charge on any atom is -0.457 e. The summed E-state index contributed by atoms with van der Waals surface area (Å²) >= 11 is 0. The van der Waals surface area contributed by atoms with Crippen LogP contribution in [0.2, 0.25) is 0 Å². The normalized spacial score (nSPS) is 25.0. The average molecular weight is 1110 g/mol. The first-order chi connectivity index (χ1) is 38.6. The molecule has 0 bridgehead atoms. The van der Waals surface area contributed by atoms with Gasteiger partial charge < -0.3 is 64.2 Å². The number of ether oxygens (including phenoxy) is 6. The molecule has 2 heterocycles. The molecule has 448 valence electrons. The van der Waals surface area contributed by atoms with Crippen LogP contribution in [-0.4, -0.2) is 142 Å². The van der Waals surface area contributed by atoms with Gasteiger partial charge in [0.15, 0.2) is 12.6 Å². The molecule has 0 aliphatic carbocycles. The minimum absolute atomic E-state index is 0.00938. The molecule has 0 aromatic carbocycles. The maximum Gasteiger partial charge on any atom is 0.306 e. The Morgan fingerprint density at radius 1 is 0.418 bits per heavy atom. The van der Waals surface area contributed by atoms with E-state index in [1.54, 1.807) is 0 Å². The van der Waals surface area contributed by atoms with Gasteiger partial charge in [0, 0.05) is 13.0 Å². The molecule has 0 radical (unpaired) electrons. The van der Waals surface area contributed by atoms with Gasteiger partial charge in [-0.25, -0.2) is 0 Å². The summed E-state index contributed by atoms with van der Waals surface area (Å²) in [6.45, 7) is 3.27. The first-order valence-corrected chi connectivity index (χ1v) is 29.8. The van der Waals surface area contributed by atoms with E-state index in [1.807, 2.05) is 0 Å². The lowest BCUT2D eigenvalue weighted by atomic mass is 9.98. The van der Waals surface area contributed by atoms with Crippen LogP contribution in [0.15, 0.2) is 134 Å². The van der Waals surface area contributed by atoms with Gasteiger partial charge in [0.1, 0.15) is 54.9 Å². The Hall–Kier alpha value is -3.87. The van der Waals surface area contributed by atoms with Gasteiger partial charge in [0.25, 0.3) is 0 Å². The highest BCUT2D eigenvalue weighted by atomic mass is 16.7. The zero-order chi connectivity index (χ0) is 57.2. The number of esters is 1. The van der Waals surface area contributed by atoms with Gasteiger partial charge in [-0.3, -0.25) is 4.79 Å². The van der Waals surface area contributed by atoms with Gasteiger partial charge in [0.2, 0.25) is 0 Å². The second-order valence-electron chi connectivity index (χ2n) is 20.1. The molecular weight excluding hydrogens is 1000 g/mol. The predicted molar refractivity (Wildman–Crippen MR) is 316 cm³/mol. The maximum atomic E-state index is 13.1. The number of hydrogen-bond donors (Lipinski definition) is 7. The summed E-state index contributed by atoms with van der Waals surface area (Å²) in [4.78, 5) is 13.1. The highest BCUT2D eigenvalue weighted by Crippen LogP contribution is 2.26. The van der Waals surface area contributed by atoms with E-state index in [9.17, 15) is 40.5 Å². The number of hydrogen-bond acceptors (Lipinski definition) is 14. The largest absolute Gasteiger partial charge is 0.457 e. The fourth-order valence-electron chi connectivity index (χ4n) is 8.45. The van der Waals surface area contributed by atoms with Crippen LogP contribution in [0.3, 0.4) is 0 Å². The molecule has 14 heteroatoms. The number of allylic oxidation sites excluding steroid dienone is 22. The number of carbonyl (C=O) groups is 1. The quantitative estimate of drug-likeness (QED) is 0.0172. The summed E-state index contributed by atoms with van der Waals surface area (Å²) in [7, 11) is 0. The molecule has 2 fully saturated rings. The summed E-state index contributed by atoms with van der Waals surface area (Å²) in [6, 6.07) is 0. The van der Waals surface area contributed by atoms with Crippen LogP contribution >= 0.6 is 0 Å². The van der Waals surface area contributed by atoms with E-state index in [4.69, 9.17) is 28.4 Å².